The summed E-state index contributed by atoms with van der Waals surface area (Å²) in [6.07, 6.45) is 6.69. The lowest BCUT2D eigenvalue weighted by Crippen LogP contribution is -2.20. The molecular weight excluding hydrogens is 460 g/mol. The highest BCUT2D eigenvalue weighted by atomic mass is 16.5. The minimum atomic E-state index is -0.356. The largest absolute Gasteiger partial charge is 0.494 e. The third-order valence-electron chi connectivity index (χ3n) is 5.51. The van der Waals surface area contributed by atoms with E-state index in [1.807, 2.05) is 49.7 Å². The van der Waals surface area contributed by atoms with Gasteiger partial charge in [0.25, 0.3) is 0 Å². The normalized spacial score (nSPS) is 11.1. The van der Waals surface area contributed by atoms with Gasteiger partial charge < -0.3 is 25.0 Å². The maximum absolute atomic E-state index is 12.1. The third kappa shape index (κ3) is 5.31. The van der Waals surface area contributed by atoms with Crippen molar-refractivity contribution in [2.24, 2.45) is 7.05 Å². The second kappa shape index (κ2) is 10.5. The van der Waals surface area contributed by atoms with Gasteiger partial charge in [0.05, 0.1) is 42.1 Å². The molecule has 0 fully saturated rings. The van der Waals surface area contributed by atoms with Crippen molar-refractivity contribution in [3.63, 3.8) is 0 Å². The number of aryl methyl sites for hydroxylation is 2. The summed E-state index contributed by atoms with van der Waals surface area (Å²) in [6.45, 7) is 6.69. The average molecular weight is 491 g/mol. The van der Waals surface area contributed by atoms with Crippen LogP contribution in [0.15, 0.2) is 49.4 Å². The van der Waals surface area contributed by atoms with Gasteiger partial charge in [-0.15, -0.1) is 5.10 Å². The summed E-state index contributed by atoms with van der Waals surface area (Å²) >= 11 is 0. The van der Waals surface area contributed by atoms with Crippen LogP contribution in [-0.4, -0.2) is 69.5 Å². The second-order valence-electron chi connectivity index (χ2n) is 8.51. The lowest BCUT2D eigenvalue weighted by Gasteiger charge is -2.18. The van der Waals surface area contributed by atoms with E-state index in [4.69, 9.17) is 14.6 Å². The Morgan fingerprint density at radius 3 is 2.67 bits per heavy atom. The molecule has 0 radical (unpaired) electrons. The van der Waals surface area contributed by atoms with Crippen LogP contribution in [0.4, 0.5) is 17.3 Å². The van der Waals surface area contributed by atoms with Gasteiger partial charge in [-0.1, -0.05) is 6.58 Å². The van der Waals surface area contributed by atoms with Gasteiger partial charge in [-0.2, -0.15) is 5.10 Å². The molecule has 0 bridgehead atoms. The molecule has 0 aliphatic heterocycles. The van der Waals surface area contributed by atoms with Crippen molar-refractivity contribution >= 4 is 28.7 Å². The Kier molecular flexibility index (Phi) is 7.20. The molecule has 0 saturated carbocycles. The van der Waals surface area contributed by atoms with Gasteiger partial charge in [0.15, 0.2) is 0 Å². The molecule has 2 N–H and O–H groups in total. The first-order chi connectivity index (χ1) is 17.3. The van der Waals surface area contributed by atoms with Crippen LogP contribution in [0.25, 0.3) is 16.8 Å². The molecular formula is C25H30N8O3. The molecule has 0 aliphatic carbocycles. The van der Waals surface area contributed by atoms with E-state index in [1.54, 1.807) is 36.3 Å². The van der Waals surface area contributed by atoms with Crippen LogP contribution in [-0.2, 0) is 11.8 Å². The number of likely N-dealkylation sites (N-methyl/N-ethyl adjacent to an activating group) is 1. The quantitative estimate of drug-likeness (QED) is 0.326. The van der Waals surface area contributed by atoms with Gasteiger partial charge in [-0.05, 0) is 44.8 Å². The molecule has 36 heavy (non-hydrogen) atoms. The van der Waals surface area contributed by atoms with Gasteiger partial charge in [0, 0.05) is 31.4 Å². The summed E-state index contributed by atoms with van der Waals surface area (Å²) < 4.78 is 15.1. The first kappa shape index (κ1) is 24.7. The van der Waals surface area contributed by atoms with Crippen LogP contribution >= 0.6 is 0 Å². The van der Waals surface area contributed by atoms with Crippen LogP contribution in [0.5, 0.6) is 11.5 Å². The molecule has 11 nitrogen and oxygen atoms in total. The van der Waals surface area contributed by atoms with Gasteiger partial charge in [0.2, 0.25) is 11.9 Å². The summed E-state index contributed by atoms with van der Waals surface area (Å²) in [5.74, 6) is 0.978. The van der Waals surface area contributed by atoms with Crippen molar-refractivity contribution < 1.29 is 14.3 Å². The predicted molar refractivity (Wildman–Crippen MR) is 139 cm³/mol. The molecule has 11 heteroatoms. The Balaban J connectivity index is 1.71. The molecule has 4 rings (SSSR count). The van der Waals surface area contributed by atoms with Crippen molar-refractivity contribution in [2.45, 2.75) is 6.92 Å². The zero-order valence-corrected chi connectivity index (χ0v) is 21.1. The minimum absolute atomic E-state index is 0.351. The Morgan fingerprint density at radius 1 is 1.19 bits per heavy atom. The predicted octanol–water partition coefficient (Wildman–Crippen LogP) is 3.26. The number of nitrogens with one attached hydrogen (secondary N) is 2. The zero-order valence-electron chi connectivity index (χ0n) is 21.1. The number of carbonyl (C=O) groups excluding carboxylic acids is 1. The van der Waals surface area contributed by atoms with E-state index in [0.717, 1.165) is 22.3 Å². The van der Waals surface area contributed by atoms with Gasteiger partial charge in [0.1, 0.15) is 18.1 Å². The van der Waals surface area contributed by atoms with E-state index in [9.17, 15) is 4.79 Å². The smallest absolute Gasteiger partial charge is 0.247 e. The van der Waals surface area contributed by atoms with Crippen molar-refractivity contribution in [1.82, 2.24) is 29.3 Å². The molecule has 3 heterocycles. The van der Waals surface area contributed by atoms with E-state index in [1.165, 1.54) is 6.08 Å². The summed E-state index contributed by atoms with van der Waals surface area (Å²) in [6, 6.07) is 5.49. The van der Waals surface area contributed by atoms with E-state index in [0.29, 0.717) is 42.0 Å². The fourth-order valence-corrected chi connectivity index (χ4v) is 3.65. The first-order valence-corrected chi connectivity index (χ1v) is 11.3. The number of ether oxygens (including phenoxy) is 2. The van der Waals surface area contributed by atoms with Crippen molar-refractivity contribution in [1.29, 1.82) is 0 Å². The SMILES string of the molecule is C=CC(=O)Nc1cc(Nc2ncc3c(C)cc(-c4cnn(C)c4)n3n2)c(OC)cc1OCCN(C)C. The minimum Gasteiger partial charge on any atom is -0.494 e. The molecule has 1 amide bonds. The highest BCUT2D eigenvalue weighted by Crippen LogP contribution is 2.38. The van der Waals surface area contributed by atoms with E-state index >= 15 is 0 Å². The molecule has 0 atom stereocenters. The summed E-state index contributed by atoms with van der Waals surface area (Å²) in [5, 5.41) is 15.0. The van der Waals surface area contributed by atoms with Crippen molar-refractivity contribution in [3.05, 3.63) is 55.0 Å². The molecule has 0 saturated heterocycles. The molecule has 1 aromatic carbocycles. The monoisotopic (exact) mass is 490 g/mol. The number of nitrogens with zero attached hydrogens (tertiary/aromatic N) is 6. The lowest BCUT2D eigenvalue weighted by molar-refractivity contribution is -0.111. The topological polar surface area (TPSA) is 111 Å². The van der Waals surface area contributed by atoms with Crippen LogP contribution in [0.3, 0.4) is 0 Å². The number of aromatic nitrogens is 5. The van der Waals surface area contributed by atoms with E-state index < -0.39 is 0 Å². The first-order valence-electron chi connectivity index (χ1n) is 11.3. The number of anilines is 3. The number of hydrogen-bond donors (Lipinski definition) is 2. The van der Waals surface area contributed by atoms with Crippen LogP contribution in [0, 0.1) is 6.92 Å². The average Bonchev–Trinajstić information content (AvgIpc) is 3.42. The summed E-state index contributed by atoms with van der Waals surface area (Å²) in [7, 11) is 7.35. The molecule has 3 aromatic heterocycles. The fourth-order valence-electron chi connectivity index (χ4n) is 3.65. The molecule has 188 valence electrons. The van der Waals surface area contributed by atoms with Crippen molar-refractivity contribution in [3.8, 4) is 22.8 Å². The summed E-state index contributed by atoms with van der Waals surface area (Å²) in [5.41, 5.74) is 4.80. The third-order valence-corrected chi connectivity index (χ3v) is 5.51. The second-order valence-corrected chi connectivity index (χ2v) is 8.51. The lowest BCUT2D eigenvalue weighted by atomic mass is 10.2. The number of rotatable bonds is 10. The number of amides is 1. The Hall–Kier alpha value is -4.38. The molecule has 0 aliphatic rings. The van der Waals surface area contributed by atoms with E-state index in [-0.39, 0.29) is 5.91 Å². The highest BCUT2D eigenvalue weighted by Gasteiger charge is 2.17. The molecule has 4 aromatic rings. The number of hydrogen-bond acceptors (Lipinski definition) is 8. The standard InChI is InChI=1S/C25H30N8O3/c1-7-24(34)28-19-11-18(22(35-6)12-23(19)36-9-8-31(3)4)29-25-26-14-21-16(2)10-20(33(21)30-25)17-13-27-32(5)15-17/h7,10-15H,1,8-9H2,2-6H3,(H,28,34)(H,29,30). The Labute approximate surface area is 209 Å². The van der Waals surface area contributed by atoms with Crippen LogP contribution < -0.4 is 20.1 Å². The number of methoxy groups -OCH3 is 1. The highest BCUT2D eigenvalue weighted by molar-refractivity contribution is 6.00. The number of fused-ring (bicyclic) bond motifs is 1. The summed E-state index contributed by atoms with van der Waals surface area (Å²) in [4.78, 5) is 18.6. The number of carbonyl (C=O) groups is 1. The van der Waals surface area contributed by atoms with Gasteiger partial charge in [-0.25, -0.2) is 9.50 Å². The molecule has 0 unspecified atom stereocenters. The van der Waals surface area contributed by atoms with Crippen LogP contribution in [0.2, 0.25) is 0 Å². The zero-order chi connectivity index (χ0) is 25.8. The Morgan fingerprint density at radius 2 is 2.00 bits per heavy atom. The Bertz CT molecular complexity index is 1410. The number of benzene rings is 1. The maximum Gasteiger partial charge on any atom is 0.247 e. The molecule has 0 spiro atoms. The van der Waals surface area contributed by atoms with Crippen molar-refractivity contribution in [2.75, 3.05) is 45.0 Å². The maximum atomic E-state index is 12.1. The van der Waals surface area contributed by atoms with Gasteiger partial charge in [-0.3, -0.25) is 9.48 Å². The van der Waals surface area contributed by atoms with Crippen LogP contribution in [0.1, 0.15) is 5.56 Å². The van der Waals surface area contributed by atoms with E-state index in [2.05, 4.69) is 27.3 Å². The van der Waals surface area contributed by atoms with Gasteiger partial charge >= 0.3 is 0 Å². The fraction of sp³-hybridized carbons (Fsp3) is 0.280.